The second-order valence-electron chi connectivity index (χ2n) is 6.41. The second kappa shape index (κ2) is 9.56. The first-order valence-electron chi connectivity index (χ1n) is 9.01. The SMILES string of the molecule is CCCCCNCCC(=O)N1CCN(c2cccc(C)c2)CC1. The van der Waals surface area contributed by atoms with E-state index in [1.165, 1.54) is 30.5 Å². The molecule has 2 rings (SSSR count). The molecule has 1 aromatic carbocycles. The first-order valence-corrected chi connectivity index (χ1v) is 9.01. The van der Waals surface area contributed by atoms with Gasteiger partial charge in [-0.2, -0.15) is 0 Å². The van der Waals surface area contributed by atoms with E-state index in [0.29, 0.717) is 6.42 Å². The van der Waals surface area contributed by atoms with Gasteiger partial charge in [-0.15, -0.1) is 0 Å². The van der Waals surface area contributed by atoms with Crippen molar-refractivity contribution >= 4 is 11.6 Å². The molecule has 0 unspecified atom stereocenters. The van der Waals surface area contributed by atoms with Crippen molar-refractivity contribution in [2.24, 2.45) is 0 Å². The van der Waals surface area contributed by atoms with Crippen molar-refractivity contribution in [3.8, 4) is 0 Å². The van der Waals surface area contributed by atoms with Crippen LogP contribution in [0.15, 0.2) is 24.3 Å². The van der Waals surface area contributed by atoms with Crippen LogP contribution in [0, 0.1) is 6.92 Å². The van der Waals surface area contributed by atoms with E-state index in [4.69, 9.17) is 0 Å². The largest absolute Gasteiger partial charge is 0.368 e. The number of benzene rings is 1. The van der Waals surface area contributed by atoms with Crippen molar-refractivity contribution in [1.29, 1.82) is 0 Å². The van der Waals surface area contributed by atoms with E-state index in [1.807, 2.05) is 4.90 Å². The molecule has 1 heterocycles. The van der Waals surface area contributed by atoms with E-state index < -0.39 is 0 Å². The van der Waals surface area contributed by atoms with Crippen LogP contribution in [-0.2, 0) is 4.79 Å². The highest BCUT2D eigenvalue weighted by Gasteiger charge is 2.20. The van der Waals surface area contributed by atoms with Gasteiger partial charge >= 0.3 is 0 Å². The Kier molecular flexibility index (Phi) is 7.40. The standard InChI is InChI=1S/C19H31N3O/c1-3-4-5-10-20-11-9-19(23)22-14-12-21(13-15-22)18-8-6-7-17(2)16-18/h6-8,16,20H,3-5,9-15H2,1-2H3. The average molecular weight is 317 g/mol. The van der Waals surface area contributed by atoms with Crippen molar-refractivity contribution in [2.45, 2.75) is 39.5 Å². The number of piperazine rings is 1. The quantitative estimate of drug-likeness (QED) is 0.749. The smallest absolute Gasteiger partial charge is 0.223 e. The topological polar surface area (TPSA) is 35.6 Å². The Hall–Kier alpha value is -1.55. The Labute approximate surface area is 140 Å². The molecule has 4 heteroatoms. The summed E-state index contributed by atoms with van der Waals surface area (Å²) in [7, 11) is 0. The molecule has 0 atom stereocenters. The summed E-state index contributed by atoms with van der Waals surface area (Å²) in [4.78, 5) is 16.6. The summed E-state index contributed by atoms with van der Waals surface area (Å²) in [5.74, 6) is 0.289. The number of amides is 1. The number of unbranched alkanes of at least 4 members (excludes halogenated alkanes) is 2. The van der Waals surface area contributed by atoms with Crippen molar-refractivity contribution in [2.75, 3.05) is 44.2 Å². The maximum atomic E-state index is 12.3. The van der Waals surface area contributed by atoms with Crippen LogP contribution in [0.25, 0.3) is 0 Å². The van der Waals surface area contributed by atoms with Crippen molar-refractivity contribution < 1.29 is 4.79 Å². The normalized spacial score (nSPS) is 15.0. The monoisotopic (exact) mass is 317 g/mol. The Balaban J connectivity index is 1.66. The lowest BCUT2D eigenvalue weighted by Crippen LogP contribution is -2.49. The zero-order valence-electron chi connectivity index (χ0n) is 14.7. The fourth-order valence-electron chi connectivity index (χ4n) is 3.02. The fraction of sp³-hybridized carbons (Fsp3) is 0.632. The van der Waals surface area contributed by atoms with Gasteiger partial charge in [-0.05, 0) is 37.6 Å². The van der Waals surface area contributed by atoms with Crippen LogP contribution in [-0.4, -0.2) is 50.1 Å². The summed E-state index contributed by atoms with van der Waals surface area (Å²) in [6, 6.07) is 8.60. The van der Waals surface area contributed by atoms with Crippen LogP contribution in [0.2, 0.25) is 0 Å². The molecule has 1 saturated heterocycles. The van der Waals surface area contributed by atoms with Crippen molar-refractivity contribution in [3.05, 3.63) is 29.8 Å². The zero-order valence-corrected chi connectivity index (χ0v) is 14.7. The van der Waals surface area contributed by atoms with E-state index >= 15 is 0 Å². The van der Waals surface area contributed by atoms with Gasteiger partial charge in [0.15, 0.2) is 0 Å². The van der Waals surface area contributed by atoms with E-state index in [1.54, 1.807) is 0 Å². The summed E-state index contributed by atoms with van der Waals surface area (Å²) in [6.07, 6.45) is 4.34. The number of rotatable bonds is 8. The van der Waals surface area contributed by atoms with Gasteiger partial charge in [-0.1, -0.05) is 31.9 Å². The second-order valence-corrected chi connectivity index (χ2v) is 6.41. The minimum atomic E-state index is 0.289. The average Bonchev–Trinajstić information content (AvgIpc) is 2.58. The summed E-state index contributed by atoms with van der Waals surface area (Å²) >= 11 is 0. The summed E-state index contributed by atoms with van der Waals surface area (Å²) in [6.45, 7) is 9.70. The lowest BCUT2D eigenvalue weighted by molar-refractivity contribution is -0.131. The third-order valence-corrected chi connectivity index (χ3v) is 4.47. The first-order chi connectivity index (χ1) is 11.2. The van der Waals surface area contributed by atoms with Crippen molar-refractivity contribution in [3.63, 3.8) is 0 Å². The number of nitrogens with zero attached hydrogens (tertiary/aromatic N) is 2. The van der Waals surface area contributed by atoms with Gasteiger partial charge in [0.25, 0.3) is 0 Å². The fourth-order valence-corrected chi connectivity index (χ4v) is 3.02. The van der Waals surface area contributed by atoms with E-state index in [2.05, 4.69) is 48.3 Å². The third kappa shape index (κ3) is 5.87. The molecule has 1 fully saturated rings. The molecule has 0 bridgehead atoms. The predicted octanol–water partition coefficient (Wildman–Crippen LogP) is 2.81. The Bertz CT molecular complexity index is 481. The summed E-state index contributed by atoms with van der Waals surface area (Å²) < 4.78 is 0. The number of carbonyl (C=O) groups is 1. The minimum absolute atomic E-state index is 0.289. The molecule has 0 radical (unpaired) electrons. The molecule has 1 aliphatic rings. The van der Waals surface area contributed by atoms with Gasteiger partial charge in [-0.3, -0.25) is 4.79 Å². The Morgan fingerprint density at radius 2 is 1.91 bits per heavy atom. The van der Waals surface area contributed by atoms with E-state index in [0.717, 1.165) is 39.3 Å². The van der Waals surface area contributed by atoms with Gasteiger partial charge in [-0.25, -0.2) is 0 Å². The van der Waals surface area contributed by atoms with Crippen LogP contribution in [0.3, 0.4) is 0 Å². The molecule has 0 aliphatic carbocycles. The maximum Gasteiger partial charge on any atom is 0.223 e. The Morgan fingerprint density at radius 3 is 2.61 bits per heavy atom. The number of anilines is 1. The highest BCUT2D eigenvalue weighted by atomic mass is 16.2. The molecule has 1 amide bonds. The number of hydrogen-bond donors (Lipinski definition) is 1. The third-order valence-electron chi connectivity index (χ3n) is 4.47. The Morgan fingerprint density at radius 1 is 1.13 bits per heavy atom. The minimum Gasteiger partial charge on any atom is -0.368 e. The van der Waals surface area contributed by atoms with Crippen LogP contribution < -0.4 is 10.2 Å². The van der Waals surface area contributed by atoms with Crippen LogP contribution in [0.4, 0.5) is 5.69 Å². The highest BCUT2D eigenvalue weighted by Crippen LogP contribution is 2.17. The number of carbonyl (C=O) groups excluding carboxylic acids is 1. The van der Waals surface area contributed by atoms with Gasteiger partial charge in [0.05, 0.1) is 0 Å². The van der Waals surface area contributed by atoms with Crippen LogP contribution in [0.5, 0.6) is 0 Å². The maximum absolute atomic E-state index is 12.3. The highest BCUT2D eigenvalue weighted by molar-refractivity contribution is 5.76. The first kappa shape index (κ1) is 17.8. The molecule has 1 N–H and O–H groups in total. The van der Waals surface area contributed by atoms with Crippen LogP contribution >= 0.6 is 0 Å². The van der Waals surface area contributed by atoms with Gasteiger partial charge in [0, 0.05) is 44.8 Å². The molecule has 0 aromatic heterocycles. The molecule has 23 heavy (non-hydrogen) atoms. The number of hydrogen-bond acceptors (Lipinski definition) is 3. The van der Waals surface area contributed by atoms with Crippen molar-refractivity contribution in [1.82, 2.24) is 10.2 Å². The van der Waals surface area contributed by atoms with Gasteiger partial charge in [0.2, 0.25) is 5.91 Å². The molecule has 1 aliphatic heterocycles. The number of aryl methyl sites for hydroxylation is 1. The molecular formula is C19H31N3O. The molecule has 128 valence electrons. The van der Waals surface area contributed by atoms with E-state index in [-0.39, 0.29) is 5.91 Å². The lowest BCUT2D eigenvalue weighted by atomic mass is 10.2. The van der Waals surface area contributed by atoms with Crippen LogP contribution in [0.1, 0.15) is 38.2 Å². The van der Waals surface area contributed by atoms with Gasteiger partial charge < -0.3 is 15.1 Å². The number of nitrogens with one attached hydrogen (secondary N) is 1. The molecule has 1 aromatic rings. The predicted molar refractivity (Wildman–Crippen MR) is 97.0 cm³/mol. The molecular weight excluding hydrogens is 286 g/mol. The molecule has 0 saturated carbocycles. The summed E-state index contributed by atoms with van der Waals surface area (Å²) in [5, 5.41) is 3.37. The molecule has 4 nitrogen and oxygen atoms in total. The zero-order chi connectivity index (χ0) is 16.5. The molecule has 0 spiro atoms. The summed E-state index contributed by atoms with van der Waals surface area (Å²) in [5.41, 5.74) is 2.56. The van der Waals surface area contributed by atoms with E-state index in [9.17, 15) is 4.79 Å². The van der Waals surface area contributed by atoms with Gasteiger partial charge in [0.1, 0.15) is 0 Å². The lowest BCUT2D eigenvalue weighted by Gasteiger charge is -2.36.